The van der Waals surface area contributed by atoms with E-state index in [0.717, 1.165) is 19.3 Å². The number of hydrogen-bond acceptors (Lipinski definition) is 2. The van der Waals surface area contributed by atoms with E-state index in [-0.39, 0.29) is 12.1 Å². The maximum Gasteiger partial charge on any atom is 0.0555 e. The zero-order chi connectivity index (χ0) is 7.40. The largest absolute Gasteiger partial charge is 0.393 e. The van der Waals surface area contributed by atoms with Gasteiger partial charge in [0.05, 0.1) is 6.10 Å². The summed E-state index contributed by atoms with van der Waals surface area (Å²) < 4.78 is 0. The third-order valence-corrected chi connectivity index (χ3v) is 2.19. The Labute approximate surface area is 62.4 Å². The fraction of sp³-hybridized carbons (Fsp3) is 1.00. The standard InChI is InChI=1S/C8H17NO/c9-7-4-2-1-3-5-8(10)6-7/h7-8,10H,1-6,9H2. The number of nitrogens with two attached hydrogens (primary N) is 1. The minimum absolute atomic E-state index is 0.129. The lowest BCUT2D eigenvalue weighted by molar-refractivity contribution is 0.134. The van der Waals surface area contributed by atoms with Crippen LogP contribution in [0.1, 0.15) is 38.5 Å². The topological polar surface area (TPSA) is 46.2 Å². The Morgan fingerprint density at radius 1 is 1.10 bits per heavy atom. The first-order valence-electron chi connectivity index (χ1n) is 4.22. The van der Waals surface area contributed by atoms with Gasteiger partial charge in [-0.1, -0.05) is 19.3 Å². The van der Waals surface area contributed by atoms with Crippen LogP contribution in [0.15, 0.2) is 0 Å². The molecule has 2 heteroatoms. The molecular formula is C8H17NO. The molecule has 0 radical (unpaired) electrons. The Kier molecular flexibility index (Phi) is 3.16. The quantitative estimate of drug-likeness (QED) is 0.532. The average molecular weight is 143 g/mol. The lowest BCUT2D eigenvalue weighted by Gasteiger charge is -2.19. The lowest BCUT2D eigenvalue weighted by atomic mass is 9.95. The number of aliphatic hydroxyl groups excluding tert-OH is 1. The molecule has 0 spiro atoms. The fourth-order valence-electron chi connectivity index (χ4n) is 1.55. The number of hydrogen-bond donors (Lipinski definition) is 2. The first-order valence-corrected chi connectivity index (χ1v) is 4.22. The summed E-state index contributed by atoms with van der Waals surface area (Å²) in [5.74, 6) is 0. The second-order valence-electron chi connectivity index (χ2n) is 3.29. The smallest absolute Gasteiger partial charge is 0.0555 e. The molecule has 0 amide bonds. The summed E-state index contributed by atoms with van der Waals surface area (Å²) in [4.78, 5) is 0. The lowest BCUT2D eigenvalue weighted by Crippen LogP contribution is -2.27. The molecule has 1 rings (SSSR count). The van der Waals surface area contributed by atoms with E-state index in [1.807, 2.05) is 0 Å². The van der Waals surface area contributed by atoms with E-state index in [2.05, 4.69) is 0 Å². The third kappa shape index (κ3) is 2.67. The van der Waals surface area contributed by atoms with E-state index in [1.165, 1.54) is 19.3 Å². The monoisotopic (exact) mass is 143 g/mol. The van der Waals surface area contributed by atoms with Gasteiger partial charge in [-0.2, -0.15) is 0 Å². The summed E-state index contributed by atoms with van der Waals surface area (Å²) in [6, 6.07) is 0.246. The molecule has 1 aliphatic carbocycles. The Bertz CT molecular complexity index is 85.3. The minimum Gasteiger partial charge on any atom is -0.393 e. The zero-order valence-corrected chi connectivity index (χ0v) is 6.42. The highest BCUT2D eigenvalue weighted by molar-refractivity contribution is 4.70. The van der Waals surface area contributed by atoms with Gasteiger partial charge in [0.2, 0.25) is 0 Å². The van der Waals surface area contributed by atoms with Gasteiger partial charge in [0.25, 0.3) is 0 Å². The van der Waals surface area contributed by atoms with Gasteiger partial charge in [-0.15, -0.1) is 0 Å². The Balaban J connectivity index is 2.25. The summed E-state index contributed by atoms with van der Waals surface area (Å²) in [5, 5.41) is 9.30. The molecule has 1 aliphatic rings. The van der Waals surface area contributed by atoms with Crippen molar-refractivity contribution in [1.82, 2.24) is 0 Å². The van der Waals surface area contributed by atoms with Gasteiger partial charge < -0.3 is 10.8 Å². The molecule has 0 heterocycles. The summed E-state index contributed by atoms with van der Waals surface area (Å²) >= 11 is 0. The van der Waals surface area contributed by atoms with Crippen LogP contribution < -0.4 is 5.73 Å². The van der Waals surface area contributed by atoms with Crippen molar-refractivity contribution in [3.8, 4) is 0 Å². The SMILES string of the molecule is NC1CCCCCC(O)C1. The highest BCUT2D eigenvalue weighted by Gasteiger charge is 2.12. The molecule has 2 atom stereocenters. The van der Waals surface area contributed by atoms with Crippen molar-refractivity contribution in [3.63, 3.8) is 0 Å². The van der Waals surface area contributed by atoms with Gasteiger partial charge >= 0.3 is 0 Å². The molecule has 60 valence electrons. The van der Waals surface area contributed by atoms with E-state index >= 15 is 0 Å². The maximum absolute atomic E-state index is 9.30. The Morgan fingerprint density at radius 3 is 2.60 bits per heavy atom. The summed E-state index contributed by atoms with van der Waals surface area (Å²) in [5.41, 5.74) is 5.73. The Hall–Kier alpha value is -0.0800. The summed E-state index contributed by atoms with van der Waals surface area (Å²) in [6.45, 7) is 0. The van der Waals surface area contributed by atoms with E-state index in [1.54, 1.807) is 0 Å². The molecule has 10 heavy (non-hydrogen) atoms. The van der Waals surface area contributed by atoms with Crippen molar-refractivity contribution in [2.45, 2.75) is 50.7 Å². The molecule has 1 fully saturated rings. The Morgan fingerprint density at radius 2 is 1.80 bits per heavy atom. The first kappa shape index (κ1) is 8.02. The van der Waals surface area contributed by atoms with Crippen LogP contribution in [-0.4, -0.2) is 17.3 Å². The van der Waals surface area contributed by atoms with E-state index in [0.29, 0.717) is 0 Å². The second-order valence-corrected chi connectivity index (χ2v) is 3.29. The fourth-order valence-corrected chi connectivity index (χ4v) is 1.55. The summed E-state index contributed by atoms with van der Waals surface area (Å²) in [7, 11) is 0. The first-order chi connectivity index (χ1) is 4.79. The van der Waals surface area contributed by atoms with Gasteiger partial charge in [0, 0.05) is 6.04 Å². The highest BCUT2D eigenvalue weighted by atomic mass is 16.3. The molecule has 3 N–H and O–H groups in total. The second kappa shape index (κ2) is 3.94. The van der Waals surface area contributed by atoms with Crippen LogP contribution in [0.3, 0.4) is 0 Å². The molecular weight excluding hydrogens is 126 g/mol. The highest BCUT2D eigenvalue weighted by Crippen LogP contribution is 2.15. The molecule has 0 bridgehead atoms. The van der Waals surface area contributed by atoms with Gasteiger partial charge in [0.1, 0.15) is 0 Å². The van der Waals surface area contributed by atoms with E-state index in [9.17, 15) is 5.11 Å². The van der Waals surface area contributed by atoms with Crippen molar-refractivity contribution >= 4 is 0 Å². The van der Waals surface area contributed by atoms with Crippen LogP contribution in [0.25, 0.3) is 0 Å². The van der Waals surface area contributed by atoms with Gasteiger partial charge in [-0.3, -0.25) is 0 Å². The molecule has 0 aromatic carbocycles. The molecule has 0 aliphatic heterocycles. The van der Waals surface area contributed by atoms with Crippen LogP contribution in [0.2, 0.25) is 0 Å². The van der Waals surface area contributed by atoms with Crippen LogP contribution in [-0.2, 0) is 0 Å². The molecule has 1 saturated carbocycles. The molecule has 0 aromatic heterocycles. The van der Waals surface area contributed by atoms with Crippen molar-refractivity contribution in [3.05, 3.63) is 0 Å². The van der Waals surface area contributed by atoms with Crippen LogP contribution in [0.5, 0.6) is 0 Å². The van der Waals surface area contributed by atoms with E-state index in [4.69, 9.17) is 5.73 Å². The van der Waals surface area contributed by atoms with Crippen molar-refractivity contribution in [1.29, 1.82) is 0 Å². The average Bonchev–Trinajstić information content (AvgIpc) is 1.83. The summed E-state index contributed by atoms with van der Waals surface area (Å²) in [6.07, 6.45) is 6.38. The normalized spacial score (nSPS) is 36.6. The van der Waals surface area contributed by atoms with Crippen molar-refractivity contribution < 1.29 is 5.11 Å². The third-order valence-electron chi connectivity index (χ3n) is 2.19. The minimum atomic E-state index is -0.129. The van der Waals surface area contributed by atoms with Gasteiger partial charge in [0.15, 0.2) is 0 Å². The van der Waals surface area contributed by atoms with Gasteiger partial charge in [-0.05, 0) is 19.3 Å². The van der Waals surface area contributed by atoms with Crippen molar-refractivity contribution in [2.24, 2.45) is 5.73 Å². The zero-order valence-electron chi connectivity index (χ0n) is 6.42. The number of rotatable bonds is 0. The van der Waals surface area contributed by atoms with Crippen molar-refractivity contribution in [2.75, 3.05) is 0 Å². The molecule has 2 unspecified atom stereocenters. The maximum atomic E-state index is 9.30. The predicted molar refractivity (Wildman–Crippen MR) is 41.7 cm³/mol. The number of aliphatic hydroxyl groups is 1. The molecule has 0 aromatic rings. The van der Waals surface area contributed by atoms with Crippen LogP contribution >= 0.6 is 0 Å². The molecule has 0 saturated heterocycles. The molecule has 2 nitrogen and oxygen atoms in total. The predicted octanol–water partition coefficient (Wildman–Crippen LogP) is 1.03. The van der Waals surface area contributed by atoms with Crippen LogP contribution in [0.4, 0.5) is 0 Å². The van der Waals surface area contributed by atoms with E-state index < -0.39 is 0 Å². The van der Waals surface area contributed by atoms with Crippen LogP contribution in [0, 0.1) is 0 Å². The van der Waals surface area contributed by atoms with Gasteiger partial charge in [-0.25, -0.2) is 0 Å².